The van der Waals surface area contributed by atoms with E-state index in [9.17, 15) is 0 Å². The SMILES string of the molecule is COc1ccc(Br)cc1CNc1ccc(N)c(C)n1. The summed E-state index contributed by atoms with van der Waals surface area (Å²) in [6.07, 6.45) is 0. The van der Waals surface area contributed by atoms with Crippen LogP contribution in [0.5, 0.6) is 5.75 Å². The predicted molar refractivity (Wildman–Crippen MR) is 81.4 cm³/mol. The highest BCUT2D eigenvalue weighted by Gasteiger charge is 2.04. The predicted octanol–water partition coefficient (Wildman–Crippen LogP) is 3.36. The van der Waals surface area contributed by atoms with Gasteiger partial charge in [0, 0.05) is 16.6 Å². The summed E-state index contributed by atoms with van der Waals surface area (Å²) in [6.45, 7) is 2.53. The van der Waals surface area contributed by atoms with Gasteiger partial charge in [-0.25, -0.2) is 4.98 Å². The lowest BCUT2D eigenvalue weighted by atomic mass is 10.2. The molecule has 0 aliphatic heterocycles. The Morgan fingerprint density at radius 3 is 2.79 bits per heavy atom. The van der Waals surface area contributed by atoms with Crippen molar-refractivity contribution in [3.05, 3.63) is 46.1 Å². The van der Waals surface area contributed by atoms with Gasteiger partial charge in [-0.15, -0.1) is 0 Å². The highest BCUT2D eigenvalue weighted by molar-refractivity contribution is 9.10. The van der Waals surface area contributed by atoms with Crippen LogP contribution in [0.3, 0.4) is 0 Å². The fraction of sp³-hybridized carbons (Fsp3) is 0.214. The molecular formula is C14H16BrN3O. The number of nitrogens with two attached hydrogens (primary N) is 1. The van der Waals surface area contributed by atoms with E-state index in [1.165, 1.54) is 0 Å². The van der Waals surface area contributed by atoms with Crippen LogP contribution in [0, 0.1) is 6.92 Å². The van der Waals surface area contributed by atoms with Gasteiger partial charge in [-0.05, 0) is 37.3 Å². The third kappa shape index (κ3) is 3.38. The van der Waals surface area contributed by atoms with Crippen molar-refractivity contribution in [1.82, 2.24) is 4.98 Å². The van der Waals surface area contributed by atoms with E-state index in [0.29, 0.717) is 12.2 Å². The number of rotatable bonds is 4. The quantitative estimate of drug-likeness (QED) is 0.906. The molecule has 2 rings (SSSR count). The monoisotopic (exact) mass is 321 g/mol. The number of aryl methyl sites for hydroxylation is 1. The molecule has 0 aliphatic carbocycles. The maximum atomic E-state index is 5.75. The van der Waals surface area contributed by atoms with E-state index in [1.807, 2.05) is 37.3 Å². The number of halogens is 1. The zero-order valence-electron chi connectivity index (χ0n) is 10.9. The molecular weight excluding hydrogens is 306 g/mol. The van der Waals surface area contributed by atoms with E-state index >= 15 is 0 Å². The highest BCUT2D eigenvalue weighted by atomic mass is 79.9. The molecule has 0 radical (unpaired) electrons. The third-order valence-electron chi connectivity index (χ3n) is 2.83. The maximum Gasteiger partial charge on any atom is 0.126 e. The van der Waals surface area contributed by atoms with E-state index in [1.54, 1.807) is 7.11 Å². The van der Waals surface area contributed by atoms with Crippen LogP contribution in [0.2, 0.25) is 0 Å². The molecule has 5 heteroatoms. The first-order valence-electron chi connectivity index (χ1n) is 5.89. The van der Waals surface area contributed by atoms with Crippen LogP contribution < -0.4 is 15.8 Å². The highest BCUT2D eigenvalue weighted by Crippen LogP contribution is 2.24. The normalized spacial score (nSPS) is 10.3. The average molecular weight is 322 g/mol. The molecule has 0 fully saturated rings. The summed E-state index contributed by atoms with van der Waals surface area (Å²) in [5, 5.41) is 3.26. The molecule has 0 aliphatic rings. The second-order valence-electron chi connectivity index (χ2n) is 4.18. The number of pyridine rings is 1. The number of nitrogen functional groups attached to an aromatic ring is 1. The number of benzene rings is 1. The number of anilines is 2. The molecule has 0 atom stereocenters. The molecule has 0 spiro atoms. The van der Waals surface area contributed by atoms with Gasteiger partial charge in [0.2, 0.25) is 0 Å². The van der Waals surface area contributed by atoms with Crippen LogP contribution in [0.15, 0.2) is 34.8 Å². The zero-order chi connectivity index (χ0) is 13.8. The topological polar surface area (TPSA) is 60.2 Å². The summed E-state index contributed by atoms with van der Waals surface area (Å²) in [7, 11) is 1.67. The minimum absolute atomic E-state index is 0.638. The Balaban J connectivity index is 2.13. The summed E-state index contributed by atoms with van der Waals surface area (Å²) in [5.41, 5.74) is 8.33. The first kappa shape index (κ1) is 13.7. The van der Waals surface area contributed by atoms with Crippen molar-refractivity contribution in [3.8, 4) is 5.75 Å². The van der Waals surface area contributed by atoms with Gasteiger partial charge < -0.3 is 15.8 Å². The van der Waals surface area contributed by atoms with Crippen molar-refractivity contribution >= 4 is 27.4 Å². The minimum atomic E-state index is 0.638. The summed E-state index contributed by atoms with van der Waals surface area (Å²) in [6, 6.07) is 9.63. The standard InChI is InChI=1S/C14H16BrN3O/c1-9-12(16)4-6-14(18-9)17-8-10-7-11(15)3-5-13(10)19-2/h3-7H,8,16H2,1-2H3,(H,17,18). The van der Waals surface area contributed by atoms with Crippen molar-refractivity contribution in [2.75, 3.05) is 18.2 Å². The van der Waals surface area contributed by atoms with Crippen LogP contribution in [-0.2, 0) is 6.54 Å². The molecule has 0 amide bonds. The van der Waals surface area contributed by atoms with E-state index in [4.69, 9.17) is 10.5 Å². The third-order valence-corrected chi connectivity index (χ3v) is 3.32. The Bertz CT molecular complexity index is 587. The Morgan fingerprint density at radius 1 is 1.32 bits per heavy atom. The number of hydrogen-bond donors (Lipinski definition) is 2. The van der Waals surface area contributed by atoms with Crippen molar-refractivity contribution in [2.45, 2.75) is 13.5 Å². The van der Waals surface area contributed by atoms with Crippen LogP contribution in [0.4, 0.5) is 11.5 Å². The lowest BCUT2D eigenvalue weighted by Gasteiger charge is -2.11. The second-order valence-corrected chi connectivity index (χ2v) is 5.10. The Morgan fingerprint density at radius 2 is 2.11 bits per heavy atom. The van der Waals surface area contributed by atoms with Crippen LogP contribution in [0.1, 0.15) is 11.3 Å². The first-order chi connectivity index (χ1) is 9.10. The van der Waals surface area contributed by atoms with Crippen molar-refractivity contribution in [3.63, 3.8) is 0 Å². The fourth-order valence-electron chi connectivity index (χ4n) is 1.74. The molecule has 4 nitrogen and oxygen atoms in total. The fourth-order valence-corrected chi connectivity index (χ4v) is 2.15. The molecule has 19 heavy (non-hydrogen) atoms. The number of ether oxygens (including phenoxy) is 1. The van der Waals surface area contributed by atoms with Crippen molar-refractivity contribution < 1.29 is 4.74 Å². The number of nitrogens with zero attached hydrogens (tertiary/aromatic N) is 1. The van der Waals surface area contributed by atoms with Crippen LogP contribution >= 0.6 is 15.9 Å². The summed E-state index contributed by atoms with van der Waals surface area (Å²) < 4.78 is 6.35. The van der Waals surface area contributed by atoms with Gasteiger partial charge in [0.25, 0.3) is 0 Å². The summed E-state index contributed by atoms with van der Waals surface area (Å²) in [5.74, 6) is 1.65. The molecule has 0 saturated heterocycles. The molecule has 1 heterocycles. The minimum Gasteiger partial charge on any atom is -0.496 e. The zero-order valence-corrected chi connectivity index (χ0v) is 12.5. The first-order valence-corrected chi connectivity index (χ1v) is 6.69. The Hall–Kier alpha value is -1.75. The average Bonchev–Trinajstić information content (AvgIpc) is 2.40. The Kier molecular flexibility index (Phi) is 4.27. The number of aromatic nitrogens is 1. The molecule has 1 aromatic heterocycles. The summed E-state index contributed by atoms with van der Waals surface area (Å²) >= 11 is 3.46. The van der Waals surface area contributed by atoms with Gasteiger partial charge >= 0.3 is 0 Å². The van der Waals surface area contributed by atoms with Gasteiger partial charge in [-0.3, -0.25) is 0 Å². The molecule has 0 saturated carbocycles. The maximum absolute atomic E-state index is 5.75. The van der Waals surface area contributed by atoms with E-state index in [-0.39, 0.29) is 0 Å². The van der Waals surface area contributed by atoms with Gasteiger partial charge in [0.05, 0.1) is 18.5 Å². The number of hydrogen-bond acceptors (Lipinski definition) is 4. The Labute approximate surface area is 121 Å². The lowest BCUT2D eigenvalue weighted by molar-refractivity contribution is 0.410. The van der Waals surface area contributed by atoms with Crippen LogP contribution in [0.25, 0.3) is 0 Å². The van der Waals surface area contributed by atoms with Gasteiger partial charge in [0.15, 0.2) is 0 Å². The van der Waals surface area contributed by atoms with Crippen molar-refractivity contribution in [2.24, 2.45) is 0 Å². The van der Waals surface area contributed by atoms with E-state index in [0.717, 1.165) is 27.3 Å². The molecule has 0 bridgehead atoms. The van der Waals surface area contributed by atoms with Crippen molar-refractivity contribution in [1.29, 1.82) is 0 Å². The second kappa shape index (κ2) is 5.93. The molecule has 3 N–H and O–H groups in total. The van der Waals surface area contributed by atoms with E-state index in [2.05, 4.69) is 26.2 Å². The number of methoxy groups -OCH3 is 1. The molecule has 0 unspecified atom stereocenters. The molecule has 2 aromatic rings. The molecule has 100 valence electrons. The summed E-state index contributed by atoms with van der Waals surface area (Å²) in [4.78, 5) is 4.38. The smallest absolute Gasteiger partial charge is 0.126 e. The van der Waals surface area contributed by atoms with E-state index < -0.39 is 0 Å². The van der Waals surface area contributed by atoms with Gasteiger partial charge in [-0.2, -0.15) is 0 Å². The largest absolute Gasteiger partial charge is 0.496 e. The van der Waals surface area contributed by atoms with Gasteiger partial charge in [0.1, 0.15) is 11.6 Å². The van der Waals surface area contributed by atoms with Gasteiger partial charge in [-0.1, -0.05) is 15.9 Å². The van der Waals surface area contributed by atoms with Crippen LogP contribution in [-0.4, -0.2) is 12.1 Å². The lowest BCUT2D eigenvalue weighted by Crippen LogP contribution is -2.04. The number of nitrogens with one attached hydrogen (secondary N) is 1. The molecule has 1 aromatic carbocycles.